The quantitative estimate of drug-likeness (QED) is 0.0228. The zero-order valence-corrected chi connectivity index (χ0v) is 48.7. The minimum atomic E-state index is -1.91. The molecule has 0 radical (unpaired) electrons. The van der Waals surface area contributed by atoms with Crippen LogP contribution in [0.2, 0.25) is 0 Å². The van der Waals surface area contributed by atoms with E-state index >= 15 is 0 Å². The topological polar surface area (TPSA) is 175 Å². The molecule has 1 fully saturated rings. The van der Waals surface area contributed by atoms with Gasteiger partial charge in [0.1, 0.15) is 18.8 Å². The van der Waals surface area contributed by atoms with Gasteiger partial charge in [-0.1, -0.05) is 235 Å². The Balaban J connectivity index is 2.68. The second-order valence-corrected chi connectivity index (χ2v) is 21.0. The number of carboxylic acids is 1. The number of unbranched alkanes of at least 4 members (excludes halogenated alkanes) is 26. The number of rotatable bonds is 52. The van der Waals surface area contributed by atoms with E-state index in [4.69, 9.17) is 23.7 Å². The van der Waals surface area contributed by atoms with Crippen LogP contribution in [0.1, 0.15) is 265 Å². The maximum Gasteiger partial charge on any atom is 0.335 e. The van der Waals surface area contributed by atoms with Gasteiger partial charge in [0.25, 0.3) is 0 Å². The number of aliphatic carboxylic acids is 1. The molecule has 1 saturated heterocycles. The molecule has 0 spiro atoms. The maximum atomic E-state index is 13.1. The number of hydrogen-bond acceptors (Lipinski definition) is 11. The van der Waals surface area contributed by atoms with E-state index in [1.54, 1.807) is 0 Å². The Labute approximate surface area is 468 Å². The number of carbonyl (C=O) groups is 4. The molecule has 12 nitrogen and oxygen atoms in total. The minimum absolute atomic E-state index is 0.0581. The van der Waals surface area contributed by atoms with Crippen molar-refractivity contribution in [3.8, 4) is 0 Å². The zero-order valence-electron chi connectivity index (χ0n) is 48.7. The van der Waals surface area contributed by atoms with Crippen molar-refractivity contribution in [2.75, 3.05) is 13.2 Å². The van der Waals surface area contributed by atoms with E-state index in [0.717, 1.165) is 128 Å². The minimum Gasteiger partial charge on any atom is -0.479 e. The lowest BCUT2D eigenvalue weighted by molar-refractivity contribution is -0.301. The van der Waals surface area contributed by atoms with Gasteiger partial charge in [-0.3, -0.25) is 14.4 Å². The summed E-state index contributed by atoms with van der Waals surface area (Å²) in [7, 11) is 0. The van der Waals surface area contributed by atoms with E-state index in [2.05, 4.69) is 93.7 Å². The van der Waals surface area contributed by atoms with Crippen molar-refractivity contribution < 1.29 is 58.2 Å². The van der Waals surface area contributed by atoms with Crippen LogP contribution in [0.5, 0.6) is 0 Å². The molecule has 6 unspecified atom stereocenters. The fourth-order valence-electron chi connectivity index (χ4n) is 9.04. The first-order valence-electron chi connectivity index (χ1n) is 30.9. The van der Waals surface area contributed by atoms with Gasteiger partial charge in [-0.15, -0.1) is 0 Å². The molecule has 0 aromatic carbocycles. The van der Waals surface area contributed by atoms with Crippen LogP contribution in [-0.2, 0) is 42.9 Å². The Morgan fingerprint density at radius 3 is 1.30 bits per heavy atom. The standard InChI is InChI=1S/C65H110O12/c1-4-7-10-13-16-19-22-25-27-29-31-34-36-39-42-45-48-51-57(66)73-54-56(75-58(67)52-49-46-43-40-37-33-24-21-18-15-12-9-6-3)55-74-65-63(61(70)60(69)62(77-65)64(71)72)76-59(68)53-50-47-44-41-38-35-32-30-28-26-23-20-17-14-11-8-5-2/h7,10,12,15-16,19,21,24-25,27,31,34,56,60-63,65,69-70H,4-6,8-9,11,13-14,17-18,20,22-23,26,28-30,32-33,35-55H2,1-3H3,(H,71,72)/b10-7-,15-12-,19-16-,24-21-,27-25-,34-31-. The largest absolute Gasteiger partial charge is 0.479 e. The lowest BCUT2D eigenvalue weighted by Crippen LogP contribution is -2.61. The molecule has 0 aliphatic carbocycles. The van der Waals surface area contributed by atoms with E-state index in [0.29, 0.717) is 19.3 Å². The van der Waals surface area contributed by atoms with E-state index in [-0.39, 0.29) is 25.9 Å². The smallest absolute Gasteiger partial charge is 0.335 e. The van der Waals surface area contributed by atoms with Crippen molar-refractivity contribution in [1.29, 1.82) is 0 Å². The third-order valence-electron chi connectivity index (χ3n) is 13.7. The van der Waals surface area contributed by atoms with E-state index in [1.807, 2.05) is 0 Å². The molecule has 1 aliphatic heterocycles. The highest BCUT2D eigenvalue weighted by atomic mass is 16.7. The first-order chi connectivity index (χ1) is 37.6. The molecule has 12 heteroatoms. The van der Waals surface area contributed by atoms with Gasteiger partial charge in [0, 0.05) is 19.3 Å². The number of hydrogen-bond donors (Lipinski definition) is 3. The van der Waals surface area contributed by atoms with E-state index in [1.165, 1.54) is 77.0 Å². The van der Waals surface area contributed by atoms with Gasteiger partial charge in [-0.25, -0.2) is 4.79 Å². The summed E-state index contributed by atoms with van der Waals surface area (Å²) in [5.74, 6) is -3.16. The monoisotopic (exact) mass is 1080 g/mol. The van der Waals surface area contributed by atoms with Gasteiger partial charge in [0.2, 0.25) is 0 Å². The second-order valence-electron chi connectivity index (χ2n) is 21.0. The third kappa shape index (κ3) is 42.7. The van der Waals surface area contributed by atoms with Gasteiger partial charge in [0.05, 0.1) is 6.61 Å². The van der Waals surface area contributed by atoms with Crippen LogP contribution in [0.4, 0.5) is 0 Å². The van der Waals surface area contributed by atoms with Crippen molar-refractivity contribution in [2.45, 2.75) is 302 Å². The first kappa shape index (κ1) is 71.2. The highest BCUT2D eigenvalue weighted by molar-refractivity contribution is 5.74. The van der Waals surface area contributed by atoms with Gasteiger partial charge in [0.15, 0.2) is 24.6 Å². The summed E-state index contributed by atoms with van der Waals surface area (Å²) in [5, 5.41) is 31.5. The number of allylic oxidation sites excluding steroid dienone is 12. The molecular formula is C65H110O12. The number of carbonyl (C=O) groups excluding carboxylic acids is 3. The molecule has 1 rings (SSSR count). The fraction of sp³-hybridized carbons (Fsp3) is 0.754. The van der Waals surface area contributed by atoms with Crippen LogP contribution in [0.3, 0.4) is 0 Å². The van der Waals surface area contributed by atoms with Crippen LogP contribution in [0.25, 0.3) is 0 Å². The van der Waals surface area contributed by atoms with Gasteiger partial charge < -0.3 is 39.0 Å². The summed E-state index contributed by atoms with van der Waals surface area (Å²) in [5.41, 5.74) is 0. The van der Waals surface area contributed by atoms with E-state index in [9.17, 15) is 34.5 Å². The number of carboxylic acid groups (broad SMARTS) is 1. The zero-order chi connectivity index (χ0) is 56.1. The predicted molar refractivity (Wildman–Crippen MR) is 312 cm³/mol. The molecule has 442 valence electrons. The summed E-state index contributed by atoms with van der Waals surface area (Å²) in [6, 6.07) is 0. The van der Waals surface area contributed by atoms with Crippen LogP contribution in [0, 0.1) is 0 Å². The van der Waals surface area contributed by atoms with Crippen molar-refractivity contribution in [3.63, 3.8) is 0 Å². The molecule has 0 saturated carbocycles. The fourth-order valence-corrected chi connectivity index (χ4v) is 9.04. The molecular weight excluding hydrogens is 973 g/mol. The van der Waals surface area contributed by atoms with Gasteiger partial charge in [-0.05, 0) is 83.5 Å². The predicted octanol–water partition coefficient (Wildman–Crippen LogP) is 16.1. The Morgan fingerprint density at radius 2 is 0.844 bits per heavy atom. The molecule has 0 aromatic rings. The average Bonchev–Trinajstić information content (AvgIpc) is 3.42. The highest BCUT2D eigenvalue weighted by Gasteiger charge is 2.50. The summed E-state index contributed by atoms with van der Waals surface area (Å²) >= 11 is 0. The van der Waals surface area contributed by atoms with Crippen LogP contribution in [0.15, 0.2) is 72.9 Å². The van der Waals surface area contributed by atoms with Crippen molar-refractivity contribution in [3.05, 3.63) is 72.9 Å². The molecule has 1 aliphatic rings. The normalized spacial score (nSPS) is 18.5. The molecule has 3 N–H and O–H groups in total. The highest BCUT2D eigenvalue weighted by Crippen LogP contribution is 2.26. The number of esters is 3. The lowest BCUT2D eigenvalue weighted by atomic mass is 9.98. The summed E-state index contributed by atoms with van der Waals surface area (Å²) < 4.78 is 28.4. The van der Waals surface area contributed by atoms with Crippen molar-refractivity contribution in [1.82, 2.24) is 0 Å². The van der Waals surface area contributed by atoms with Crippen LogP contribution in [-0.4, -0.2) is 89.2 Å². The lowest BCUT2D eigenvalue weighted by Gasteiger charge is -2.40. The SMILES string of the molecule is CC/C=C\C/C=C\C/C=C\C/C=C\CCCCCCC(=O)OCC(COC1OC(C(=O)O)C(O)C(O)C1OC(=O)CCCCCCCCCCCCCCCCCCC)OC(=O)CCCCCCC/C=C\C/C=C\CCC. The molecule has 0 amide bonds. The number of aliphatic hydroxyl groups is 2. The first-order valence-corrected chi connectivity index (χ1v) is 30.9. The second kappa shape index (κ2) is 52.8. The molecule has 0 bridgehead atoms. The van der Waals surface area contributed by atoms with Gasteiger partial charge >= 0.3 is 23.9 Å². The molecule has 77 heavy (non-hydrogen) atoms. The molecule has 1 heterocycles. The van der Waals surface area contributed by atoms with Gasteiger partial charge in [-0.2, -0.15) is 0 Å². The Kier molecular flexibility index (Phi) is 48.8. The van der Waals surface area contributed by atoms with Crippen molar-refractivity contribution >= 4 is 23.9 Å². The average molecular weight is 1080 g/mol. The third-order valence-corrected chi connectivity index (χ3v) is 13.7. The molecule has 0 aromatic heterocycles. The van der Waals surface area contributed by atoms with Crippen LogP contribution >= 0.6 is 0 Å². The summed E-state index contributed by atoms with van der Waals surface area (Å²) in [6.07, 6.45) is 54.4. The molecule has 6 atom stereocenters. The van der Waals surface area contributed by atoms with Crippen molar-refractivity contribution in [2.24, 2.45) is 0 Å². The maximum absolute atomic E-state index is 13.1. The van der Waals surface area contributed by atoms with Crippen LogP contribution < -0.4 is 0 Å². The van der Waals surface area contributed by atoms with E-state index < -0.39 is 67.3 Å². The Morgan fingerprint density at radius 1 is 0.442 bits per heavy atom. The Hall–Kier alpha value is -3.84. The number of aliphatic hydroxyl groups excluding tert-OH is 2. The summed E-state index contributed by atoms with van der Waals surface area (Å²) in [4.78, 5) is 51.2. The summed E-state index contributed by atoms with van der Waals surface area (Å²) in [6.45, 7) is 5.80. The number of ether oxygens (including phenoxy) is 5. The Bertz CT molecular complexity index is 1620.